The van der Waals surface area contributed by atoms with Gasteiger partial charge >= 0.3 is 0 Å². The summed E-state index contributed by atoms with van der Waals surface area (Å²) in [7, 11) is 0. The molecule has 1 aromatic heterocycles. The van der Waals surface area contributed by atoms with E-state index in [4.69, 9.17) is 10.8 Å². The number of nitrogens with two attached hydrogens (primary N) is 1. The maximum absolute atomic E-state index is 15.0. The fourth-order valence-electron chi connectivity index (χ4n) is 4.44. The average Bonchev–Trinajstić information content (AvgIpc) is 3.49. The third-order valence-corrected chi connectivity index (χ3v) is 8.38. The highest BCUT2D eigenvalue weighted by Crippen LogP contribution is 2.58. The molecular formula is C26H21F4N5S2. The highest BCUT2D eigenvalue weighted by atomic mass is 32.2. The van der Waals surface area contributed by atoms with E-state index in [0.717, 1.165) is 23.8 Å². The van der Waals surface area contributed by atoms with Crippen LogP contribution < -0.4 is 10.7 Å². The molecule has 5 rings (SSSR count). The van der Waals surface area contributed by atoms with Crippen molar-refractivity contribution in [3.8, 4) is 0 Å². The first kappa shape index (κ1) is 25.4. The number of benzene rings is 3. The van der Waals surface area contributed by atoms with Crippen LogP contribution in [0.2, 0.25) is 0 Å². The third kappa shape index (κ3) is 4.74. The van der Waals surface area contributed by atoms with Crippen LogP contribution in [0.5, 0.6) is 0 Å². The molecule has 11 heteroatoms. The van der Waals surface area contributed by atoms with Crippen LogP contribution in [0.25, 0.3) is 0 Å². The number of rotatable bonds is 7. The molecule has 190 valence electrons. The quantitative estimate of drug-likeness (QED) is 0.277. The zero-order valence-corrected chi connectivity index (χ0v) is 21.2. The molecule has 0 radical (unpaired) electrons. The van der Waals surface area contributed by atoms with Crippen LogP contribution in [-0.4, -0.2) is 21.8 Å². The number of hydrogen-bond acceptors (Lipinski definition) is 7. The first-order valence-corrected chi connectivity index (χ1v) is 13.0. The molecule has 4 aromatic rings. The molecule has 0 spiro atoms. The van der Waals surface area contributed by atoms with Crippen molar-refractivity contribution in [3.05, 3.63) is 112 Å². The minimum atomic E-state index is -1.16. The van der Waals surface area contributed by atoms with Gasteiger partial charge in [0, 0.05) is 11.5 Å². The Hall–Kier alpha value is -3.28. The third-order valence-electron chi connectivity index (χ3n) is 6.07. The van der Waals surface area contributed by atoms with Crippen molar-refractivity contribution in [1.82, 2.24) is 10.2 Å². The first-order valence-electron chi connectivity index (χ1n) is 11.4. The second kappa shape index (κ2) is 10.2. The second-order valence-electron chi connectivity index (χ2n) is 8.43. The van der Waals surface area contributed by atoms with Crippen molar-refractivity contribution in [2.45, 2.75) is 24.1 Å². The molecule has 0 bridgehead atoms. The van der Waals surface area contributed by atoms with E-state index in [-0.39, 0.29) is 17.2 Å². The Bertz CT molecular complexity index is 1440. The smallest absolute Gasteiger partial charge is 0.230 e. The van der Waals surface area contributed by atoms with E-state index in [1.165, 1.54) is 47.4 Å². The molecule has 3 aromatic carbocycles. The molecule has 1 aliphatic rings. The van der Waals surface area contributed by atoms with E-state index in [0.29, 0.717) is 22.1 Å². The van der Waals surface area contributed by atoms with E-state index < -0.39 is 34.1 Å². The van der Waals surface area contributed by atoms with Gasteiger partial charge in [0.25, 0.3) is 0 Å². The fourth-order valence-corrected chi connectivity index (χ4v) is 6.75. The van der Waals surface area contributed by atoms with E-state index in [1.807, 2.05) is 0 Å². The Morgan fingerprint density at radius 3 is 2.16 bits per heavy atom. The zero-order valence-electron chi connectivity index (χ0n) is 19.5. The monoisotopic (exact) mass is 543 g/mol. The van der Waals surface area contributed by atoms with Crippen molar-refractivity contribution in [2.75, 3.05) is 11.6 Å². The molecule has 37 heavy (non-hydrogen) atoms. The van der Waals surface area contributed by atoms with Crippen LogP contribution in [-0.2, 0) is 4.87 Å². The Morgan fingerprint density at radius 1 is 0.892 bits per heavy atom. The molecule has 2 N–H and O–H groups in total. The van der Waals surface area contributed by atoms with Gasteiger partial charge in [-0.15, -0.1) is 10.2 Å². The summed E-state index contributed by atoms with van der Waals surface area (Å²) in [6.07, 6.45) is 0.415. The molecule has 0 amide bonds. The highest BCUT2D eigenvalue weighted by Gasteiger charge is 2.53. The maximum Gasteiger partial charge on any atom is 0.230 e. The summed E-state index contributed by atoms with van der Waals surface area (Å²) in [4.78, 5) is -1.16. The number of hydrazone groups is 1. The van der Waals surface area contributed by atoms with E-state index in [9.17, 15) is 17.6 Å². The van der Waals surface area contributed by atoms with Crippen molar-refractivity contribution in [3.63, 3.8) is 0 Å². The summed E-state index contributed by atoms with van der Waals surface area (Å²) in [6.45, 7) is 2.05. The van der Waals surface area contributed by atoms with Gasteiger partial charge in [-0.1, -0.05) is 47.4 Å². The molecule has 2 heterocycles. The lowest BCUT2D eigenvalue weighted by molar-refractivity contribution is 0.450. The largest absolute Gasteiger partial charge is 0.330 e. The maximum atomic E-state index is 15.0. The van der Waals surface area contributed by atoms with Gasteiger partial charge < -0.3 is 5.73 Å². The number of halogens is 4. The Labute approximate surface area is 219 Å². The summed E-state index contributed by atoms with van der Waals surface area (Å²) in [5.41, 5.74) is 7.42. The SMILES string of the molecule is Cc1nnc(N2N=C(c3cc(F)ccc3F)SC2(c2ccc(F)cc2)C(CCN)c2ccc(F)cc2)s1. The summed E-state index contributed by atoms with van der Waals surface area (Å²) in [5.74, 6) is -2.55. The van der Waals surface area contributed by atoms with Gasteiger partial charge in [0.2, 0.25) is 5.13 Å². The highest BCUT2D eigenvalue weighted by molar-refractivity contribution is 8.15. The number of hydrogen-bond donors (Lipinski definition) is 1. The van der Waals surface area contributed by atoms with Gasteiger partial charge in [-0.2, -0.15) is 5.10 Å². The lowest BCUT2D eigenvalue weighted by Gasteiger charge is -2.42. The molecular weight excluding hydrogens is 522 g/mol. The summed E-state index contributed by atoms with van der Waals surface area (Å²) < 4.78 is 57.1. The molecule has 5 nitrogen and oxygen atoms in total. The van der Waals surface area contributed by atoms with Gasteiger partial charge in [-0.25, -0.2) is 22.6 Å². The Morgan fingerprint density at radius 2 is 1.54 bits per heavy atom. The van der Waals surface area contributed by atoms with Crippen molar-refractivity contribution in [1.29, 1.82) is 0 Å². The van der Waals surface area contributed by atoms with E-state index in [1.54, 1.807) is 36.2 Å². The van der Waals surface area contributed by atoms with Gasteiger partial charge in [0.05, 0.1) is 0 Å². The van der Waals surface area contributed by atoms with Crippen LogP contribution >= 0.6 is 23.1 Å². The Kier molecular flexibility index (Phi) is 7.02. The summed E-state index contributed by atoms with van der Waals surface area (Å²) >= 11 is 2.46. The number of aryl methyl sites for hydroxylation is 1. The number of aromatic nitrogens is 2. The van der Waals surface area contributed by atoms with Crippen molar-refractivity contribution >= 4 is 33.3 Å². The predicted molar refractivity (Wildman–Crippen MR) is 139 cm³/mol. The van der Waals surface area contributed by atoms with Crippen molar-refractivity contribution in [2.24, 2.45) is 10.8 Å². The van der Waals surface area contributed by atoms with Gasteiger partial charge in [0.15, 0.2) is 0 Å². The topological polar surface area (TPSA) is 67.4 Å². The molecule has 2 unspecified atom stereocenters. The van der Waals surface area contributed by atoms with Crippen LogP contribution in [0.3, 0.4) is 0 Å². The zero-order chi connectivity index (χ0) is 26.2. The molecule has 0 saturated carbocycles. The summed E-state index contributed by atoms with van der Waals surface area (Å²) in [6, 6.07) is 15.1. The van der Waals surface area contributed by atoms with Gasteiger partial charge in [-0.05, 0) is 73.5 Å². The molecule has 0 fully saturated rings. The Balaban J connectivity index is 1.79. The minimum Gasteiger partial charge on any atom is -0.330 e. The number of thioether (sulfide) groups is 1. The number of nitrogens with zero attached hydrogens (tertiary/aromatic N) is 4. The minimum absolute atomic E-state index is 0.0224. The van der Waals surface area contributed by atoms with Gasteiger partial charge in [-0.3, -0.25) is 0 Å². The standard InChI is InChI=1S/C26H21F4N5S2/c1-15-32-33-25(36-15)35-26(17-4-8-19(28)9-5-17,22(12-13-31)16-2-6-18(27)7-3-16)37-24(34-35)21-14-20(29)10-11-23(21)30/h2-11,14,22H,12-13,31H2,1H3. The lowest BCUT2D eigenvalue weighted by Crippen LogP contribution is -2.44. The van der Waals surface area contributed by atoms with Gasteiger partial charge in [0.1, 0.15) is 38.2 Å². The fraction of sp³-hybridized carbons (Fsp3) is 0.192. The number of anilines is 1. The molecule has 1 aliphatic heterocycles. The van der Waals surface area contributed by atoms with Crippen LogP contribution in [0, 0.1) is 30.2 Å². The second-order valence-corrected chi connectivity index (χ2v) is 10.8. The van der Waals surface area contributed by atoms with Crippen molar-refractivity contribution < 1.29 is 17.6 Å². The van der Waals surface area contributed by atoms with Crippen LogP contribution in [0.15, 0.2) is 71.8 Å². The predicted octanol–water partition coefficient (Wildman–Crippen LogP) is 6.30. The summed E-state index contributed by atoms with van der Waals surface area (Å²) in [5, 5.41) is 16.1. The molecule has 2 atom stereocenters. The normalized spacial score (nSPS) is 18.2. The van der Waals surface area contributed by atoms with Crippen LogP contribution in [0.4, 0.5) is 22.7 Å². The molecule has 0 aliphatic carbocycles. The molecule has 0 saturated heterocycles. The first-order chi connectivity index (χ1) is 17.8. The van der Waals surface area contributed by atoms with E-state index >= 15 is 0 Å². The van der Waals surface area contributed by atoms with E-state index in [2.05, 4.69) is 10.2 Å². The van der Waals surface area contributed by atoms with Crippen LogP contribution in [0.1, 0.15) is 34.0 Å². The lowest BCUT2D eigenvalue weighted by atomic mass is 9.83. The average molecular weight is 544 g/mol.